The lowest BCUT2D eigenvalue weighted by molar-refractivity contribution is 0.175. The molecule has 0 aliphatic heterocycles. The summed E-state index contributed by atoms with van der Waals surface area (Å²) >= 11 is 0. The monoisotopic (exact) mass is 237 g/mol. The predicted octanol–water partition coefficient (Wildman–Crippen LogP) is 2.39. The molecule has 0 aromatic rings. The van der Waals surface area contributed by atoms with E-state index in [0.717, 1.165) is 26.1 Å². The van der Waals surface area contributed by atoms with Gasteiger partial charge >= 0.3 is 0 Å². The van der Waals surface area contributed by atoms with Gasteiger partial charge in [-0.05, 0) is 46.0 Å². The summed E-state index contributed by atoms with van der Waals surface area (Å²) in [6.07, 6.45) is 3.18. The second-order valence-electron chi connectivity index (χ2n) is 5.94. The Bertz CT molecular complexity index is 253. The van der Waals surface area contributed by atoms with E-state index in [1.165, 1.54) is 12.8 Å². The standard InChI is InChI=1S/C14H27N3/c1-12(2)17(13(3)4)10-9-16-11-14(5-6-14)7-8-15/h12-13,16H,5-7,9-11H2,1-4H3. The first-order valence-corrected chi connectivity index (χ1v) is 6.84. The van der Waals surface area contributed by atoms with Crippen LogP contribution < -0.4 is 5.32 Å². The van der Waals surface area contributed by atoms with Gasteiger partial charge in [-0.1, -0.05) is 0 Å². The zero-order valence-corrected chi connectivity index (χ0v) is 11.8. The van der Waals surface area contributed by atoms with Crippen LogP contribution in [0.3, 0.4) is 0 Å². The fraction of sp³-hybridized carbons (Fsp3) is 0.929. The molecule has 1 aliphatic rings. The number of hydrogen-bond donors (Lipinski definition) is 1. The van der Waals surface area contributed by atoms with E-state index in [0.29, 0.717) is 17.5 Å². The van der Waals surface area contributed by atoms with E-state index in [2.05, 4.69) is 44.0 Å². The molecule has 1 rings (SSSR count). The lowest BCUT2D eigenvalue weighted by Gasteiger charge is -2.30. The van der Waals surface area contributed by atoms with Crippen LogP contribution >= 0.6 is 0 Å². The highest BCUT2D eigenvalue weighted by molar-refractivity contribution is 5.00. The molecule has 1 aliphatic carbocycles. The molecule has 1 N–H and O–H groups in total. The van der Waals surface area contributed by atoms with Crippen LogP contribution in [0.4, 0.5) is 0 Å². The van der Waals surface area contributed by atoms with Gasteiger partial charge in [-0.3, -0.25) is 4.90 Å². The zero-order valence-electron chi connectivity index (χ0n) is 11.8. The highest BCUT2D eigenvalue weighted by atomic mass is 15.2. The summed E-state index contributed by atoms with van der Waals surface area (Å²) in [4.78, 5) is 2.50. The maximum Gasteiger partial charge on any atom is 0.0628 e. The summed E-state index contributed by atoms with van der Waals surface area (Å²) < 4.78 is 0. The third kappa shape index (κ3) is 4.65. The number of rotatable bonds is 8. The van der Waals surface area contributed by atoms with Gasteiger partial charge in [-0.25, -0.2) is 0 Å². The number of nitriles is 1. The van der Waals surface area contributed by atoms with E-state index < -0.39 is 0 Å². The van der Waals surface area contributed by atoms with Gasteiger partial charge in [0.1, 0.15) is 0 Å². The Kier molecular flexibility index (Phi) is 5.42. The predicted molar refractivity (Wildman–Crippen MR) is 71.7 cm³/mol. The Morgan fingerprint density at radius 1 is 1.24 bits per heavy atom. The van der Waals surface area contributed by atoms with E-state index in [-0.39, 0.29) is 0 Å². The average molecular weight is 237 g/mol. The van der Waals surface area contributed by atoms with Crippen LogP contribution in [-0.2, 0) is 0 Å². The van der Waals surface area contributed by atoms with Gasteiger partial charge in [0, 0.05) is 38.1 Å². The Balaban J connectivity index is 2.17. The molecule has 0 aromatic heterocycles. The molecule has 0 saturated heterocycles. The van der Waals surface area contributed by atoms with Crippen molar-refractivity contribution in [1.29, 1.82) is 5.26 Å². The third-order valence-corrected chi connectivity index (χ3v) is 3.78. The molecule has 17 heavy (non-hydrogen) atoms. The first-order valence-electron chi connectivity index (χ1n) is 6.84. The largest absolute Gasteiger partial charge is 0.315 e. The number of hydrogen-bond acceptors (Lipinski definition) is 3. The molecule has 0 radical (unpaired) electrons. The van der Waals surface area contributed by atoms with Crippen molar-refractivity contribution < 1.29 is 0 Å². The van der Waals surface area contributed by atoms with E-state index in [1.807, 2.05) is 0 Å². The molecule has 0 atom stereocenters. The first kappa shape index (κ1) is 14.5. The van der Waals surface area contributed by atoms with Crippen LogP contribution in [0.1, 0.15) is 47.0 Å². The maximum atomic E-state index is 8.75. The second kappa shape index (κ2) is 6.37. The second-order valence-corrected chi connectivity index (χ2v) is 5.94. The summed E-state index contributed by atoms with van der Waals surface area (Å²) in [5.41, 5.74) is 0.329. The molecule has 0 spiro atoms. The van der Waals surface area contributed by atoms with E-state index in [9.17, 15) is 0 Å². The van der Waals surface area contributed by atoms with Gasteiger partial charge in [0.25, 0.3) is 0 Å². The minimum atomic E-state index is 0.329. The quantitative estimate of drug-likeness (QED) is 0.659. The van der Waals surface area contributed by atoms with Crippen molar-refractivity contribution >= 4 is 0 Å². The van der Waals surface area contributed by atoms with Gasteiger partial charge in [0.15, 0.2) is 0 Å². The molecule has 0 amide bonds. The van der Waals surface area contributed by atoms with Crippen LogP contribution in [0.5, 0.6) is 0 Å². The zero-order chi connectivity index (χ0) is 12.9. The van der Waals surface area contributed by atoms with Gasteiger partial charge in [0.2, 0.25) is 0 Å². The van der Waals surface area contributed by atoms with Crippen LogP contribution in [0.15, 0.2) is 0 Å². The van der Waals surface area contributed by atoms with Gasteiger partial charge in [-0.2, -0.15) is 5.26 Å². The molecule has 0 unspecified atom stereocenters. The van der Waals surface area contributed by atoms with Crippen molar-refractivity contribution in [3.8, 4) is 6.07 Å². The molecule has 1 fully saturated rings. The lowest BCUT2D eigenvalue weighted by Crippen LogP contribution is -2.42. The van der Waals surface area contributed by atoms with Crippen molar-refractivity contribution in [3.05, 3.63) is 0 Å². The van der Waals surface area contributed by atoms with E-state index in [4.69, 9.17) is 5.26 Å². The summed E-state index contributed by atoms with van der Waals surface area (Å²) in [6, 6.07) is 3.51. The summed E-state index contributed by atoms with van der Waals surface area (Å²) in [7, 11) is 0. The molecule has 1 saturated carbocycles. The topological polar surface area (TPSA) is 39.1 Å². The highest BCUT2D eigenvalue weighted by Crippen LogP contribution is 2.47. The van der Waals surface area contributed by atoms with Crippen molar-refractivity contribution in [1.82, 2.24) is 10.2 Å². The van der Waals surface area contributed by atoms with Gasteiger partial charge in [-0.15, -0.1) is 0 Å². The van der Waals surface area contributed by atoms with Crippen molar-refractivity contribution in [2.75, 3.05) is 19.6 Å². The SMILES string of the molecule is CC(C)N(CCNCC1(CC#N)CC1)C(C)C. The molecule has 98 valence electrons. The highest BCUT2D eigenvalue weighted by Gasteiger charge is 2.41. The maximum absolute atomic E-state index is 8.75. The van der Waals surface area contributed by atoms with Crippen LogP contribution in [0, 0.1) is 16.7 Å². The van der Waals surface area contributed by atoms with E-state index in [1.54, 1.807) is 0 Å². The molecule has 3 heteroatoms. The molecule has 0 heterocycles. The Hall–Kier alpha value is -0.590. The minimum absolute atomic E-state index is 0.329. The molecular formula is C14H27N3. The molecule has 0 bridgehead atoms. The van der Waals surface area contributed by atoms with E-state index >= 15 is 0 Å². The smallest absolute Gasteiger partial charge is 0.0628 e. The normalized spacial score (nSPS) is 17.8. The van der Waals surface area contributed by atoms with Gasteiger partial charge < -0.3 is 5.32 Å². The van der Waals surface area contributed by atoms with Crippen LogP contribution in [-0.4, -0.2) is 36.6 Å². The van der Waals surface area contributed by atoms with Crippen molar-refractivity contribution in [3.63, 3.8) is 0 Å². The first-order chi connectivity index (χ1) is 8.01. The van der Waals surface area contributed by atoms with Gasteiger partial charge in [0.05, 0.1) is 6.07 Å². The molecular weight excluding hydrogens is 210 g/mol. The fourth-order valence-corrected chi connectivity index (χ4v) is 2.43. The number of nitrogens with zero attached hydrogens (tertiary/aromatic N) is 2. The molecule has 0 aromatic carbocycles. The number of nitrogens with one attached hydrogen (secondary N) is 1. The van der Waals surface area contributed by atoms with Crippen LogP contribution in [0.25, 0.3) is 0 Å². The Morgan fingerprint density at radius 2 is 1.82 bits per heavy atom. The van der Waals surface area contributed by atoms with Crippen molar-refractivity contribution in [2.24, 2.45) is 5.41 Å². The lowest BCUT2D eigenvalue weighted by atomic mass is 10.0. The van der Waals surface area contributed by atoms with Crippen molar-refractivity contribution in [2.45, 2.75) is 59.0 Å². The average Bonchev–Trinajstić information content (AvgIpc) is 2.97. The summed E-state index contributed by atoms with van der Waals surface area (Å²) in [5, 5.41) is 12.3. The minimum Gasteiger partial charge on any atom is -0.315 e. The molecule has 3 nitrogen and oxygen atoms in total. The Labute approximate surface area is 106 Å². The third-order valence-electron chi connectivity index (χ3n) is 3.78. The van der Waals surface area contributed by atoms with Crippen LogP contribution in [0.2, 0.25) is 0 Å². The Morgan fingerprint density at radius 3 is 2.24 bits per heavy atom. The summed E-state index contributed by atoms with van der Waals surface area (Å²) in [5.74, 6) is 0. The summed E-state index contributed by atoms with van der Waals surface area (Å²) in [6.45, 7) is 12.1. The fourth-order valence-electron chi connectivity index (χ4n) is 2.43.